The summed E-state index contributed by atoms with van der Waals surface area (Å²) in [6, 6.07) is 13.2. The third kappa shape index (κ3) is 4.54. The van der Waals surface area contributed by atoms with E-state index < -0.39 is 5.63 Å². The number of benzene rings is 2. The zero-order valence-corrected chi connectivity index (χ0v) is 18.4. The van der Waals surface area contributed by atoms with Crippen LogP contribution in [0, 0.1) is 6.92 Å². The Morgan fingerprint density at radius 1 is 1.10 bits per heavy atom. The summed E-state index contributed by atoms with van der Waals surface area (Å²) in [5.41, 5.74) is 2.63. The second-order valence-corrected chi connectivity index (χ2v) is 8.14. The van der Waals surface area contributed by atoms with Crippen LogP contribution in [0.2, 0.25) is 5.02 Å². The zero-order valence-electron chi connectivity index (χ0n) is 17.7. The number of hydrogen-bond acceptors (Lipinski definition) is 5. The quantitative estimate of drug-likeness (QED) is 0.560. The lowest BCUT2D eigenvalue weighted by Gasteiger charge is -2.36. The Morgan fingerprint density at radius 3 is 2.48 bits per heavy atom. The molecule has 0 spiro atoms. The van der Waals surface area contributed by atoms with Gasteiger partial charge >= 0.3 is 5.63 Å². The molecular weight excluding hydrogens is 416 g/mol. The first kappa shape index (κ1) is 21.2. The van der Waals surface area contributed by atoms with Crippen LogP contribution < -0.4 is 15.3 Å². The van der Waals surface area contributed by atoms with E-state index in [9.17, 15) is 9.59 Å². The Balaban J connectivity index is 1.39. The molecule has 4 rings (SSSR count). The number of amides is 1. The molecule has 162 valence electrons. The smallest absolute Gasteiger partial charge is 0.339 e. The highest BCUT2D eigenvalue weighted by Gasteiger charge is 2.22. The number of piperazine rings is 1. The van der Waals surface area contributed by atoms with Crippen LogP contribution in [0.25, 0.3) is 11.0 Å². The fraction of sp³-hybridized carbons (Fsp3) is 0.333. The SMILES string of the molecule is COc1ccc2c(C)c(CCC(=O)N3CCN(c4ccc(Cl)cc4)CC3)c(=O)oc2c1. The monoisotopic (exact) mass is 440 g/mol. The molecule has 31 heavy (non-hydrogen) atoms. The number of methoxy groups -OCH3 is 1. The summed E-state index contributed by atoms with van der Waals surface area (Å²) < 4.78 is 10.7. The van der Waals surface area contributed by atoms with Gasteiger partial charge in [-0.2, -0.15) is 0 Å². The topological polar surface area (TPSA) is 63.0 Å². The Labute approximate surface area is 186 Å². The van der Waals surface area contributed by atoms with Crippen LogP contribution in [0.5, 0.6) is 5.75 Å². The van der Waals surface area contributed by atoms with Gasteiger partial charge in [-0.3, -0.25) is 4.79 Å². The van der Waals surface area contributed by atoms with E-state index in [-0.39, 0.29) is 12.3 Å². The van der Waals surface area contributed by atoms with E-state index in [4.69, 9.17) is 20.8 Å². The highest BCUT2D eigenvalue weighted by atomic mass is 35.5. The molecule has 1 saturated heterocycles. The summed E-state index contributed by atoms with van der Waals surface area (Å²) >= 11 is 5.96. The number of ether oxygens (including phenoxy) is 1. The molecular formula is C24H25ClN2O4. The van der Waals surface area contributed by atoms with Crippen molar-refractivity contribution in [2.75, 3.05) is 38.2 Å². The van der Waals surface area contributed by atoms with Crippen LogP contribution in [-0.2, 0) is 11.2 Å². The number of rotatable bonds is 5. The van der Waals surface area contributed by atoms with E-state index in [0.717, 1.165) is 29.7 Å². The van der Waals surface area contributed by atoms with Crippen LogP contribution in [-0.4, -0.2) is 44.1 Å². The molecule has 0 atom stereocenters. The van der Waals surface area contributed by atoms with Crippen molar-refractivity contribution in [2.45, 2.75) is 19.8 Å². The average Bonchev–Trinajstić information content (AvgIpc) is 2.79. The van der Waals surface area contributed by atoms with Crippen molar-refractivity contribution in [1.82, 2.24) is 4.90 Å². The second-order valence-electron chi connectivity index (χ2n) is 7.70. The third-order valence-corrected chi connectivity index (χ3v) is 6.16. The molecule has 3 aromatic rings. The van der Waals surface area contributed by atoms with Crippen LogP contribution in [0.3, 0.4) is 0 Å². The second kappa shape index (κ2) is 9.02. The van der Waals surface area contributed by atoms with Gasteiger partial charge in [0.05, 0.1) is 7.11 Å². The first-order chi connectivity index (χ1) is 15.0. The van der Waals surface area contributed by atoms with E-state index in [1.807, 2.05) is 48.2 Å². The van der Waals surface area contributed by atoms with Crippen molar-refractivity contribution in [3.05, 3.63) is 69.0 Å². The van der Waals surface area contributed by atoms with Gasteiger partial charge in [-0.15, -0.1) is 0 Å². The van der Waals surface area contributed by atoms with Gasteiger partial charge in [0.15, 0.2) is 0 Å². The highest BCUT2D eigenvalue weighted by molar-refractivity contribution is 6.30. The van der Waals surface area contributed by atoms with E-state index in [1.165, 1.54) is 0 Å². The summed E-state index contributed by atoms with van der Waals surface area (Å²) in [6.07, 6.45) is 0.653. The fourth-order valence-electron chi connectivity index (χ4n) is 4.05. The highest BCUT2D eigenvalue weighted by Crippen LogP contribution is 2.25. The first-order valence-electron chi connectivity index (χ1n) is 10.3. The molecule has 2 aromatic carbocycles. The molecule has 6 nitrogen and oxygen atoms in total. The predicted molar refractivity (Wildman–Crippen MR) is 122 cm³/mol. The summed E-state index contributed by atoms with van der Waals surface area (Å²) in [7, 11) is 1.57. The van der Waals surface area contributed by atoms with Gasteiger partial charge in [0.2, 0.25) is 5.91 Å². The number of fused-ring (bicyclic) bond motifs is 1. The number of carbonyl (C=O) groups is 1. The van der Waals surface area contributed by atoms with Gasteiger partial charge in [0.1, 0.15) is 11.3 Å². The number of halogens is 1. The fourth-order valence-corrected chi connectivity index (χ4v) is 4.17. The first-order valence-corrected chi connectivity index (χ1v) is 10.7. The summed E-state index contributed by atoms with van der Waals surface area (Å²) in [4.78, 5) is 29.4. The summed E-state index contributed by atoms with van der Waals surface area (Å²) in [5.74, 6) is 0.695. The van der Waals surface area contributed by atoms with Gasteiger partial charge in [-0.1, -0.05) is 11.6 Å². The number of anilines is 1. The lowest BCUT2D eigenvalue weighted by atomic mass is 10.0. The molecule has 0 N–H and O–H groups in total. The molecule has 0 saturated carbocycles. The van der Waals surface area contributed by atoms with Crippen LogP contribution in [0.1, 0.15) is 17.5 Å². The molecule has 1 amide bonds. The Morgan fingerprint density at radius 2 is 1.81 bits per heavy atom. The molecule has 7 heteroatoms. The molecule has 0 unspecified atom stereocenters. The Bertz CT molecular complexity index is 1150. The Kier molecular flexibility index (Phi) is 6.18. The number of nitrogens with zero attached hydrogens (tertiary/aromatic N) is 2. The van der Waals surface area contributed by atoms with E-state index in [2.05, 4.69) is 4.90 Å². The molecule has 1 aliphatic rings. The number of carbonyl (C=O) groups excluding carboxylic acids is 1. The molecule has 1 aliphatic heterocycles. The largest absolute Gasteiger partial charge is 0.497 e. The lowest BCUT2D eigenvalue weighted by molar-refractivity contribution is -0.131. The zero-order chi connectivity index (χ0) is 22.0. The lowest BCUT2D eigenvalue weighted by Crippen LogP contribution is -2.48. The maximum atomic E-state index is 12.8. The van der Waals surface area contributed by atoms with Gasteiger partial charge < -0.3 is 19.0 Å². The van der Waals surface area contributed by atoms with Gasteiger partial charge in [0.25, 0.3) is 0 Å². The van der Waals surface area contributed by atoms with Gasteiger partial charge in [-0.05, 0) is 55.3 Å². The van der Waals surface area contributed by atoms with Crippen molar-refractivity contribution >= 4 is 34.2 Å². The van der Waals surface area contributed by atoms with E-state index in [0.29, 0.717) is 41.4 Å². The molecule has 2 heterocycles. The van der Waals surface area contributed by atoms with Crippen molar-refractivity contribution in [3.63, 3.8) is 0 Å². The molecule has 1 fully saturated rings. The van der Waals surface area contributed by atoms with Crippen LogP contribution in [0.4, 0.5) is 5.69 Å². The predicted octanol–water partition coefficient (Wildman–Crippen LogP) is 4.04. The third-order valence-electron chi connectivity index (χ3n) is 5.91. The normalized spacial score (nSPS) is 14.2. The number of aryl methyl sites for hydroxylation is 1. The standard InChI is InChI=1S/C24H25ClN2O4/c1-16-20-8-7-19(30-2)15-22(20)31-24(29)21(16)9-10-23(28)27-13-11-26(12-14-27)18-5-3-17(25)4-6-18/h3-8,15H,9-14H2,1-2H3. The maximum absolute atomic E-state index is 12.8. The van der Waals surface area contributed by atoms with Crippen molar-refractivity contribution < 1.29 is 13.9 Å². The maximum Gasteiger partial charge on any atom is 0.339 e. The van der Waals surface area contributed by atoms with E-state index in [1.54, 1.807) is 13.2 Å². The van der Waals surface area contributed by atoms with Crippen molar-refractivity contribution in [1.29, 1.82) is 0 Å². The van der Waals surface area contributed by atoms with Crippen LogP contribution >= 0.6 is 11.6 Å². The average molecular weight is 441 g/mol. The van der Waals surface area contributed by atoms with Crippen molar-refractivity contribution in [3.8, 4) is 5.75 Å². The Hall–Kier alpha value is -2.99. The molecule has 1 aromatic heterocycles. The van der Waals surface area contributed by atoms with Gasteiger partial charge in [-0.25, -0.2) is 4.79 Å². The van der Waals surface area contributed by atoms with Crippen molar-refractivity contribution in [2.24, 2.45) is 0 Å². The van der Waals surface area contributed by atoms with Crippen LogP contribution in [0.15, 0.2) is 51.7 Å². The number of hydrogen-bond donors (Lipinski definition) is 0. The minimum atomic E-state index is -0.390. The van der Waals surface area contributed by atoms with Gasteiger partial charge in [0, 0.05) is 60.3 Å². The summed E-state index contributed by atoms with van der Waals surface area (Å²) in [6.45, 7) is 4.76. The summed E-state index contributed by atoms with van der Waals surface area (Å²) in [5, 5.41) is 1.57. The molecule has 0 bridgehead atoms. The van der Waals surface area contributed by atoms with E-state index >= 15 is 0 Å². The molecule has 0 aliphatic carbocycles. The minimum Gasteiger partial charge on any atom is -0.497 e. The molecule has 0 radical (unpaired) electrons. The minimum absolute atomic E-state index is 0.0596.